The Bertz CT molecular complexity index is 1520. The van der Waals surface area contributed by atoms with E-state index >= 15 is 0 Å². The monoisotopic (exact) mass is 1110 g/mol. The van der Waals surface area contributed by atoms with Gasteiger partial charge in [0.15, 0.2) is 6.10 Å². The smallest absolute Gasteiger partial charge is 0.306 e. The Morgan fingerprint density at radius 1 is 0.263 bits per heavy atom. The highest BCUT2D eigenvalue weighted by molar-refractivity contribution is 5.71. The molecule has 1 unspecified atom stereocenters. The molecule has 0 saturated heterocycles. The van der Waals surface area contributed by atoms with Gasteiger partial charge in [0.05, 0.1) is 0 Å². The summed E-state index contributed by atoms with van der Waals surface area (Å²) in [6, 6.07) is 0. The number of esters is 3. The average molecular weight is 1120 g/mol. The molecule has 0 rings (SSSR count). The first-order valence-corrected chi connectivity index (χ1v) is 34.6. The van der Waals surface area contributed by atoms with Crippen LogP contribution in [0.5, 0.6) is 0 Å². The third-order valence-corrected chi connectivity index (χ3v) is 15.1. The molecule has 0 fully saturated rings. The first-order valence-electron chi connectivity index (χ1n) is 34.6. The fourth-order valence-electron chi connectivity index (χ4n) is 9.97. The van der Waals surface area contributed by atoms with Crippen molar-refractivity contribution in [2.45, 2.75) is 354 Å². The predicted octanol–water partition coefficient (Wildman–Crippen LogP) is 23.8. The zero-order chi connectivity index (χ0) is 57.8. The van der Waals surface area contributed by atoms with Crippen LogP contribution in [0.4, 0.5) is 0 Å². The summed E-state index contributed by atoms with van der Waals surface area (Å²) in [5.74, 6) is -0.877. The number of hydrogen-bond acceptors (Lipinski definition) is 6. The van der Waals surface area contributed by atoms with Crippen molar-refractivity contribution in [1.29, 1.82) is 0 Å². The number of carbonyl (C=O) groups excluding carboxylic acids is 3. The largest absolute Gasteiger partial charge is 0.462 e. The lowest BCUT2D eigenvalue weighted by Gasteiger charge is -2.18. The molecule has 462 valence electrons. The number of rotatable bonds is 63. The van der Waals surface area contributed by atoms with Crippen molar-refractivity contribution >= 4 is 17.9 Å². The second-order valence-corrected chi connectivity index (χ2v) is 23.1. The molecule has 1 atom stereocenters. The SMILES string of the molecule is CC/C=C\C/C=C\C/C=C\C/C=C\C/C=C\C/C=C\CCCCCCCCC(=O)OCC(COC(=O)CCCCCCCCCCCCCCCCCC)OC(=O)CCCCCCCCCCC/C=C\CCCCCCCCCC. The summed E-state index contributed by atoms with van der Waals surface area (Å²) in [6.07, 6.45) is 90.2. The summed E-state index contributed by atoms with van der Waals surface area (Å²) in [6.45, 7) is 6.56. The van der Waals surface area contributed by atoms with Crippen LogP contribution in [0.15, 0.2) is 85.1 Å². The molecule has 0 aliphatic heterocycles. The Balaban J connectivity index is 4.38. The molecule has 0 bridgehead atoms. The van der Waals surface area contributed by atoms with E-state index in [1.165, 1.54) is 199 Å². The Morgan fingerprint density at radius 3 is 0.775 bits per heavy atom. The fourth-order valence-corrected chi connectivity index (χ4v) is 9.97. The molecule has 0 aromatic carbocycles. The van der Waals surface area contributed by atoms with Crippen LogP contribution in [0.25, 0.3) is 0 Å². The topological polar surface area (TPSA) is 78.9 Å². The van der Waals surface area contributed by atoms with E-state index in [2.05, 4.69) is 106 Å². The number of ether oxygens (including phenoxy) is 3. The van der Waals surface area contributed by atoms with Gasteiger partial charge in [-0.2, -0.15) is 0 Å². The van der Waals surface area contributed by atoms with E-state index in [1.54, 1.807) is 0 Å². The number of hydrogen-bond donors (Lipinski definition) is 0. The molecular formula is C74H130O6. The molecule has 0 aliphatic rings. The second kappa shape index (κ2) is 68.1. The van der Waals surface area contributed by atoms with Crippen molar-refractivity contribution in [3.05, 3.63) is 85.1 Å². The average Bonchev–Trinajstić information content (AvgIpc) is 3.46. The van der Waals surface area contributed by atoms with Crippen LogP contribution in [0.3, 0.4) is 0 Å². The Kier molecular flexibility index (Phi) is 65.2. The standard InChI is InChI=1S/C74H130O6/c1-4-7-10-13-16-19-22-25-28-31-33-35-36-37-38-40-41-43-46-49-52-55-58-61-64-67-73(76)79-70-71(69-78-72(75)66-63-60-57-54-51-48-45-30-27-24-21-18-15-12-9-6-3)80-74(77)68-65-62-59-56-53-50-47-44-42-39-34-32-29-26-23-20-17-14-11-8-5-2/h7,10,16,19,25,28,32-35,37-38,41,43,71H,4-6,8-9,11-15,17-18,20-24,26-27,29-31,36,39-40,42,44-70H2,1-3H3/b10-7-,19-16-,28-25-,34-32-,35-33-,38-37-,43-41-. The van der Waals surface area contributed by atoms with Crippen LogP contribution in [0.1, 0.15) is 348 Å². The van der Waals surface area contributed by atoms with Crippen LogP contribution in [0, 0.1) is 0 Å². The van der Waals surface area contributed by atoms with Gasteiger partial charge in [-0.15, -0.1) is 0 Å². The van der Waals surface area contributed by atoms with Crippen molar-refractivity contribution in [3.8, 4) is 0 Å². The Morgan fingerprint density at radius 2 is 0.487 bits per heavy atom. The van der Waals surface area contributed by atoms with Crippen molar-refractivity contribution in [2.24, 2.45) is 0 Å². The zero-order valence-corrected chi connectivity index (χ0v) is 53.1. The van der Waals surface area contributed by atoms with Crippen LogP contribution >= 0.6 is 0 Å². The molecule has 6 nitrogen and oxygen atoms in total. The minimum atomic E-state index is -0.784. The quantitative estimate of drug-likeness (QED) is 0.0261. The molecule has 6 heteroatoms. The predicted molar refractivity (Wildman–Crippen MR) is 348 cm³/mol. The van der Waals surface area contributed by atoms with Crippen LogP contribution in [-0.4, -0.2) is 37.2 Å². The Hall–Kier alpha value is -3.41. The highest BCUT2D eigenvalue weighted by Gasteiger charge is 2.19. The minimum absolute atomic E-state index is 0.0785. The van der Waals surface area contributed by atoms with Crippen molar-refractivity contribution in [2.75, 3.05) is 13.2 Å². The van der Waals surface area contributed by atoms with E-state index in [0.29, 0.717) is 19.3 Å². The molecule has 0 amide bonds. The van der Waals surface area contributed by atoms with Gasteiger partial charge < -0.3 is 14.2 Å². The molecule has 0 N–H and O–H groups in total. The maximum absolute atomic E-state index is 13.0. The molecule has 0 saturated carbocycles. The first kappa shape index (κ1) is 76.6. The Labute approximate surface area is 496 Å². The van der Waals surface area contributed by atoms with Gasteiger partial charge in [0, 0.05) is 19.3 Å². The number of unbranched alkanes of at least 4 members (excludes halogenated alkanes) is 38. The van der Waals surface area contributed by atoms with Gasteiger partial charge in [0.1, 0.15) is 13.2 Å². The van der Waals surface area contributed by atoms with E-state index in [0.717, 1.165) is 109 Å². The normalized spacial score (nSPS) is 12.6. The second-order valence-electron chi connectivity index (χ2n) is 23.1. The summed E-state index contributed by atoms with van der Waals surface area (Å²) in [4.78, 5) is 38.5. The fraction of sp³-hybridized carbons (Fsp3) is 0.770. The molecule has 0 radical (unpaired) electrons. The lowest BCUT2D eigenvalue weighted by Crippen LogP contribution is -2.30. The zero-order valence-electron chi connectivity index (χ0n) is 53.1. The molecule has 0 aliphatic carbocycles. The van der Waals surface area contributed by atoms with Crippen molar-refractivity contribution in [1.82, 2.24) is 0 Å². The summed E-state index contributed by atoms with van der Waals surface area (Å²) in [5.41, 5.74) is 0. The summed E-state index contributed by atoms with van der Waals surface area (Å²) >= 11 is 0. The summed E-state index contributed by atoms with van der Waals surface area (Å²) in [7, 11) is 0. The van der Waals surface area contributed by atoms with Crippen LogP contribution in [0.2, 0.25) is 0 Å². The number of carbonyl (C=O) groups is 3. The van der Waals surface area contributed by atoms with Crippen LogP contribution in [-0.2, 0) is 28.6 Å². The molecule has 0 aromatic rings. The third kappa shape index (κ3) is 65.4. The highest BCUT2D eigenvalue weighted by Crippen LogP contribution is 2.17. The third-order valence-electron chi connectivity index (χ3n) is 15.1. The van der Waals surface area contributed by atoms with Gasteiger partial charge in [-0.1, -0.05) is 318 Å². The van der Waals surface area contributed by atoms with Gasteiger partial charge in [-0.05, 0) is 96.3 Å². The van der Waals surface area contributed by atoms with E-state index in [1.807, 2.05) is 0 Å². The van der Waals surface area contributed by atoms with Crippen molar-refractivity contribution in [3.63, 3.8) is 0 Å². The van der Waals surface area contributed by atoms with Gasteiger partial charge in [-0.25, -0.2) is 0 Å². The first-order chi connectivity index (χ1) is 39.5. The lowest BCUT2D eigenvalue weighted by atomic mass is 10.0. The molecule has 0 spiro atoms. The van der Waals surface area contributed by atoms with Gasteiger partial charge in [0.25, 0.3) is 0 Å². The maximum Gasteiger partial charge on any atom is 0.306 e. The minimum Gasteiger partial charge on any atom is -0.462 e. The number of allylic oxidation sites excluding steroid dienone is 14. The van der Waals surface area contributed by atoms with E-state index in [4.69, 9.17) is 14.2 Å². The van der Waals surface area contributed by atoms with Crippen LogP contribution < -0.4 is 0 Å². The van der Waals surface area contributed by atoms with E-state index in [-0.39, 0.29) is 31.1 Å². The van der Waals surface area contributed by atoms with Gasteiger partial charge >= 0.3 is 17.9 Å². The summed E-state index contributed by atoms with van der Waals surface area (Å²) in [5, 5.41) is 0. The summed E-state index contributed by atoms with van der Waals surface area (Å²) < 4.78 is 17.0. The van der Waals surface area contributed by atoms with Crippen molar-refractivity contribution < 1.29 is 28.6 Å². The van der Waals surface area contributed by atoms with Gasteiger partial charge in [0.2, 0.25) is 0 Å². The highest BCUT2D eigenvalue weighted by atomic mass is 16.6. The van der Waals surface area contributed by atoms with E-state index < -0.39 is 6.10 Å². The molecular weight excluding hydrogens is 985 g/mol. The molecule has 80 heavy (non-hydrogen) atoms. The molecule has 0 aromatic heterocycles. The van der Waals surface area contributed by atoms with E-state index in [9.17, 15) is 14.4 Å². The van der Waals surface area contributed by atoms with Gasteiger partial charge in [-0.3, -0.25) is 14.4 Å². The maximum atomic E-state index is 13.0. The molecule has 0 heterocycles. The lowest BCUT2D eigenvalue weighted by molar-refractivity contribution is -0.167.